The molecule has 0 spiro atoms. The maximum atomic E-state index is 11.7. The summed E-state index contributed by atoms with van der Waals surface area (Å²) in [6.07, 6.45) is 1.75. The van der Waals surface area contributed by atoms with Crippen molar-refractivity contribution in [1.29, 1.82) is 5.41 Å². The average Bonchev–Trinajstić information content (AvgIpc) is 2.72. The van der Waals surface area contributed by atoms with Crippen molar-refractivity contribution in [3.05, 3.63) is 26.2 Å². The highest BCUT2D eigenvalue weighted by Gasteiger charge is 2.22. The van der Waals surface area contributed by atoms with Crippen molar-refractivity contribution >= 4 is 51.5 Å². The van der Waals surface area contributed by atoms with Crippen LogP contribution in [0, 0.1) is 8.98 Å². The normalized spacial score (nSPS) is 16.2. The molecule has 7 heteroatoms. The molecule has 5 nitrogen and oxygen atoms in total. The van der Waals surface area contributed by atoms with Crippen LogP contribution in [0.1, 0.15) is 19.4 Å². The molecule has 1 amide bonds. The van der Waals surface area contributed by atoms with Gasteiger partial charge in [0, 0.05) is 0 Å². The van der Waals surface area contributed by atoms with E-state index in [1.807, 2.05) is 26.0 Å². The van der Waals surface area contributed by atoms with Crippen LogP contribution in [0.5, 0.6) is 11.5 Å². The van der Waals surface area contributed by atoms with Gasteiger partial charge in [-0.15, -0.1) is 0 Å². The van der Waals surface area contributed by atoms with Gasteiger partial charge in [0.05, 0.1) is 21.7 Å². The van der Waals surface area contributed by atoms with E-state index < -0.39 is 0 Å². The summed E-state index contributed by atoms with van der Waals surface area (Å²) in [6, 6.07) is 3.77. The van der Waals surface area contributed by atoms with E-state index in [4.69, 9.17) is 14.9 Å². The largest absolute Gasteiger partial charge is 0.490 e. The van der Waals surface area contributed by atoms with Gasteiger partial charge in [0.2, 0.25) is 0 Å². The Bertz CT molecular complexity index is 616. The van der Waals surface area contributed by atoms with Crippen molar-refractivity contribution in [2.75, 3.05) is 13.2 Å². The molecule has 0 bridgehead atoms. The second kappa shape index (κ2) is 7.17. The third-order valence-corrected chi connectivity index (χ3v) is 4.21. The quantitative estimate of drug-likeness (QED) is 0.569. The van der Waals surface area contributed by atoms with Crippen LogP contribution >= 0.6 is 34.4 Å². The zero-order valence-electron chi connectivity index (χ0n) is 11.7. The predicted octanol–water partition coefficient (Wildman–Crippen LogP) is 3.23. The van der Waals surface area contributed by atoms with Gasteiger partial charge in [-0.05, 0) is 72.0 Å². The van der Waals surface area contributed by atoms with Crippen LogP contribution in [0.25, 0.3) is 6.08 Å². The number of halogens is 1. The molecule has 1 saturated heterocycles. The molecule has 0 radical (unpaired) electrons. The number of hydrogen-bond acceptors (Lipinski definition) is 5. The van der Waals surface area contributed by atoms with Gasteiger partial charge >= 0.3 is 0 Å². The van der Waals surface area contributed by atoms with E-state index in [-0.39, 0.29) is 11.1 Å². The Morgan fingerprint density at radius 1 is 1.33 bits per heavy atom. The molecular weight excluding hydrogens is 403 g/mol. The average molecular weight is 418 g/mol. The Kier molecular flexibility index (Phi) is 5.51. The summed E-state index contributed by atoms with van der Waals surface area (Å²) in [5, 5.41) is 10.1. The Balaban J connectivity index is 2.39. The lowest BCUT2D eigenvalue weighted by Crippen LogP contribution is -2.18. The van der Waals surface area contributed by atoms with E-state index in [2.05, 4.69) is 27.9 Å². The van der Waals surface area contributed by atoms with Crippen LogP contribution < -0.4 is 14.8 Å². The van der Waals surface area contributed by atoms with Crippen LogP contribution in [0.2, 0.25) is 0 Å². The van der Waals surface area contributed by atoms with E-state index in [9.17, 15) is 4.79 Å². The van der Waals surface area contributed by atoms with Crippen LogP contribution in [0.3, 0.4) is 0 Å². The standard InChI is InChI=1S/C14H15IN2O3S/c1-3-19-10-6-8(5-9(15)12(10)20-4-2)7-11-13(18)17-14(16)21-11/h5-7H,3-4H2,1-2H3,(H2,16,17,18)/b11-7-. The molecule has 21 heavy (non-hydrogen) atoms. The van der Waals surface area contributed by atoms with Crippen LogP contribution in [-0.4, -0.2) is 24.3 Å². The smallest absolute Gasteiger partial charge is 0.264 e. The molecule has 2 N–H and O–H groups in total. The lowest BCUT2D eigenvalue weighted by atomic mass is 10.2. The number of hydrogen-bond donors (Lipinski definition) is 2. The molecule has 0 aliphatic carbocycles. The van der Waals surface area contributed by atoms with E-state index in [0.29, 0.717) is 23.9 Å². The summed E-state index contributed by atoms with van der Waals surface area (Å²) >= 11 is 3.30. The molecule has 1 aromatic rings. The van der Waals surface area contributed by atoms with E-state index >= 15 is 0 Å². The molecule has 1 aliphatic heterocycles. The van der Waals surface area contributed by atoms with Crippen LogP contribution in [0.15, 0.2) is 17.0 Å². The molecule has 1 aliphatic rings. The Morgan fingerprint density at radius 3 is 2.62 bits per heavy atom. The van der Waals surface area contributed by atoms with Gasteiger partial charge in [-0.2, -0.15) is 0 Å². The fraction of sp³-hybridized carbons (Fsp3) is 0.286. The van der Waals surface area contributed by atoms with Gasteiger partial charge in [0.25, 0.3) is 5.91 Å². The minimum Gasteiger partial charge on any atom is -0.490 e. The molecule has 112 valence electrons. The van der Waals surface area contributed by atoms with Crippen molar-refractivity contribution < 1.29 is 14.3 Å². The molecule has 2 rings (SSSR count). The van der Waals surface area contributed by atoms with E-state index in [1.165, 1.54) is 0 Å². The molecule has 1 heterocycles. The maximum Gasteiger partial charge on any atom is 0.264 e. The number of rotatable bonds is 5. The lowest BCUT2D eigenvalue weighted by molar-refractivity contribution is -0.115. The number of amidine groups is 1. The number of thioether (sulfide) groups is 1. The van der Waals surface area contributed by atoms with Gasteiger partial charge < -0.3 is 14.8 Å². The third kappa shape index (κ3) is 3.91. The highest BCUT2D eigenvalue weighted by atomic mass is 127. The number of carbonyl (C=O) groups is 1. The number of benzene rings is 1. The summed E-state index contributed by atoms with van der Waals surface area (Å²) in [5.41, 5.74) is 0.846. The second-order valence-electron chi connectivity index (χ2n) is 4.09. The van der Waals surface area contributed by atoms with Crippen LogP contribution in [0.4, 0.5) is 0 Å². The summed E-state index contributed by atoms with van der Waals surface area (Å²) in [4.78, 5) is 12.2. The van der Waals surface area contributed by atoms with Crippen molar-refractivity contribution in [3.8, 4) is 11.5 Å². The Hall–Kier alpha value is -1.22. The monoisotopic (exact) mass is 418 g/mol. The van der Waals surface area contributed by atoms with Crippen molar-refractivity contribution in [1.82, 2.24) is 5.32 Å². The molecule has 1 aromatic carbocycles. The molecule has 0 aromatic heterocycles. The first kappa shape index (κ1) is 16.2. The fourth-order valence-electron chi connectivity index (χ4n) is 1.81. The minimum atomic E-state index is -0.244. The molecule has 0 saturated carbocycles. The number of carbonyl (C=O) groups excluding carboxylic acids is 1. The van der Waals surface area contributed by atoms with Crippen molar-refractivity contribution in [2.24, 2.45) is 0 Å². The molecule has 0 atom stereocenters. The first-order valence-electron chi connectivity index (χ1n) is 6.43. The number of amides is 1. The predicted molar refractivity (Wildman–Crippen MR) is 92.9 cm³/mol. The molecular formula is C14H15IN2O3S. The summed E-state index contributed by atoms with van der Waals surface area (Å²) in [7, 11) is 0. The zero-order valence-corrected chi connectivity index (χ0v) is 14.6. The Morgan fingerprint density at radius 2 is 2.05 bits per heavy atom. The molecule has 1 fully saturated rings. The first-order valence-corrected chi connectivity index (χ1v) is 8.33. The van der Waals surface area contributed by atoms with Gasteiger partial charge in [-0.25, -0.2) is 0 Å². The zero-order chi connectivity index (χ0) is 15.4. The number of nitrogens with one attached hydrogen (secondary N) is 2. The van der Waals surface area contributed by atoms with Crippen molar-refractivity contribution in [2.45, 2.75) is 13.8 Å². The van der Waals surface area contributed by atoms with E-state index in [1.54, 1.807) is 6.08 Å². The van der Waals surface area contributed by atoms with Gasteiger partial charge in [0.1, 0.15) is 0 Å². The number of ether oxygens (including phenoxy) is 2. The van der Waals surface area contributed by atoms with Crippen LogP contribution in [-0.2, 0) is 4.79 Å². The van der Waals surface area contributed by atoms with Gasteiger partial charge in [-0.1, -0.05) is 0 Å². The summed E-state index contributed by atoms with van der Waals surface area (Å²) in [6.45, 7) is 4.93. The summed E-state index contributed by atoms with van der Waals surface area (Å²) in [5.74, 6) is 1.14. The topological polar surface area (TPSA) is 71.4 Å². The third-order valence-electron chi connectivity index (χ3n) is 2.58. The maximum absolute atomic E-state index is 11.7. The van der Waals surface area contributed by atoms with Gasteiger partial charge in [0.15, 0.2) is 16.7 Å². The first-order chi connectivity index (χ1) is 10.0. The minimum absolute atomic E-state index is 0.150. The Labute approximate surface area is 141 Å². The fourth-order valence-corrected chi connectivity index (χ4v) is 3.30. The summed E-state index contributed by atoms with van der Waals surface area (Å²) < 4.78 is 12.1. The second-order valence-corrected chi connectivity index (χ2v) is 6.30. The SMILES string of the molecule is CCOc1cc(/C=C2\SC(=N)NC2=O)cc(I)c1OCC. The molecule has 0 unspecified atom stereocenters. The van der Waals surface area contributed by atoms with Crippen molar-refractivity contribution in [3.63, 3.8) is 0 Å². The van der Waals surface area contributed by atoms with Gasteiger partial charge in [-0.3, -0.25) is 10.2 Å². The highest BCUT2D eigenvalue weighted by Crippen LogP contribution is 2.36. The lowest BCUT2D eigenvalue weighted by Gasteiger charge is -2.13. The highest BCUT2D eigenvalue weighted by molar-refractivity contribution is 14.1. The van der Waals surface area contributed by atoms with E-state index in [0.717, 1.165) is 26.6 Å².